The third-order valence-corrected chi connectivity index (χ3v) is 1.69. The molecule has 0 radical (unpaired) electrons. The smallest absolute Gasteiger partial charge is 0.341 e. The predicted molar refractivity (Wildman–Crippen MR) is 46.5 cm³/mol. The van der Waals surface area contributed by atoms with E-state index in [0.717, 1.165) is 0 Å². The normalized spacial score (nSPS) is 9.69. The van der Waals surface area contributed by atoms with Gasteiger partial charge in [0.1, 0.15) is 11.3 Å². The summed E-state index contributed by atoms with van der Waals surface area (Å²) in [5.41, 5.74) is 9.14. The maximum absolute atomic E-state index is 13.2. The number of nitrogens with two attached hydrogens (primary N) is 1. The first-order valence-corrected chi connectivity index (χ1v) is 3.66. The Kier molecular flexibility index (Phi) is 2.91. The average Bonchev–Trinajstić information content (AvgIpc) is 2.21. The van der Waals surface area contributed by atoms with Crippen LogP contribution in [-0.2, 0) is 0 Å². The van der Waals surface area contributed by atoms with E-state index in [4.69, 9.17) is 16.4 Å². The van der Waals surface area contributed by atoms with E-state index in [-0.39, 0.29) is 0 Å². The molecule has 3 N–H and O–H groups in total. The number of anilines is 1. The first-order valence-electron chi connectivity index (χ1n) is 3.66. The Balaban J connectivity index is 3.76. The summed E-state index contributed by atoms with van der Waals surface area (Å²) in [5, 5.41) is 11.0. The molecule has 84 valence electrons. The molecule has 1 rings (SSSR count). The molecule has 0 heterocycles. The van der Waals surface area contributed by atoms with Crippen LogP contribution in [-0.4, -0.2) is 11.1 Å². The van der Waals surface area contributed by atoms with E-state index in [2.05, 4.69) is 10.0 Å². The highest BCUT2D eigenvalue weighted by Crippen LogP contribution is 2.32. The van der Waals surface area contributed by atoms with E-state index in [0.29, 0.717) is 0 Å². The number of halogens is 3. The van der Waals surface area contributed by atoms with E-state index >= 15 is 0 Å². The van der Waals surface area contributed by atoms with E-state index in [1.165, 1.54) is 0 Å². The molecule has 0 saturated heterocycles. The molecule has 0 atom stereocenters. The van der Waals surface area contributed by atoms with Crippen molar-refractivity contribution in [2.75, 3.05) is 5.73 Å². The van der Waals surface area contributed by atoms with Crippen LogP contribution >= 0.6 is 0 Å². The van der Waals surface area contributed by atoms with E-state index in [9.17, 15) is 18.0 Å². The SMILES string of the molecule is [N-]=[N+]=Nc1c(F)c(N)c(C(=O)O)c(F)c1F. The molecule has 0 unspecified atom stereocenters. The number of carbonyl (C=O) groups is 1. The number of hydrogen-bond acceptors (Lipinski definition) is 3. The number of carboxylic acid groups (broad SMARTS) is 1. The molecule has 0 spiro atoms. The monoisotopic (exact) mass is 232 g/mol. The van der Waals surface area contributed by atoms with Gasteiger partial charge < -0.3 is 10.8 Å². The van der Waals surface area contributed by atoms with Gasteiger partial charge in [0.25, 0.3) is 0 Å². The molecule has 0 fully saturated rings. The lowest BCUT2D eigenvalue weighted by molar-refractivity contribution is 0.0691. The number of azide groups is 1. The molecule has 6 nitrogen and oxygen atoms in total. The Morgan fingerprint density at radius 2 is 1.88 bits per heavy atom. The van der Waals surface area contributed by atoms with Crippen molar-refractivity contribution >= 4 is 17.3 Å². The standard InChI is InChI=1S/C7H3F3N4O2/c8-2-1(7(15)16)5(11)4(10)6(3(2)9)13-14-12/h11H2,(H,15,16). The molecule has 0 aliphatic carbocycles. The van der Waals surface area contributed by atoms with Crippen molar-refractivity contribution in [1.82, 2.24) is 0 Å². The highest BCUT2D eigenvalue weighted by Gasteiger charge is 2.26. The zero-order valence-electron chi connectivity index (χ0n) is 7.41. The summed E-state index contributed by atoms with van der Waals surface area (Å²) in [6, 6.07) is 0. The predicted octanol–water partition coefficient (Wildman–Crippen LogP) is 2.33. The average molecular weight is 232 g/mol. The number of rotatable bonds is 2. The fourth-order valence-corrected chi connectivity index (χ4v) is 1.01. The third-order valence-electron chi connectivity index (χ3n) is 1.69. The van der Waals surface area contributed by atoms with E-state index in [1.807, 2.05) is 0 Å². The molecular weight excluding hydrogens is 229 g/mol. The minimum atomic E-state index is -1.93. The Labute approximate surface area is 85.7 Å². The number of benzene rings is 1. The van der Waals surface area contributed by atoms with E-state index < -0.39 is 40.4 Å². The summed E-state index contributed by atoms with van der Waals surface area (Å²) in [6.45, 7) is 0. The maximum Gasteiger partial charge on any atom is 0.341 e. The largest absolute Gasteiger partial charge is 0.478 e. The van der Waals surface area contributed by atoms with Crippen molar-refractivity contribution < 1.29 is 23.1 Å². The minimum Gasteiger partial charge on any atom is -0.478 e. The van der Waals surface area contributed by atoms with Gasteiger partial charge in [-0.3, -0.25) is 0 Å². The molecule has 0 bridgehead atoms. The molecule has 1 aromatic rings. The van der Waals surface area contributed by atoms with Gasteiger partial charge in [0.05, 0.1) is 5.69 Å². The van der Waals surface area contributed by atoms with Crippen LogP contribution in [0, 0.1) is 17.5 Å². The van der Waals surface area contributed by atoms with Crippen LogP contribution in [0.25, 0.3) is 10.4 Å². The Bertz CT molecular complexity index is 463. The van der Waals surface area contributed by atoms with Crippen LogP contribution in [0.5, 0.6) is 0 Å². The summed E-state index contributed by atoms with van der Waals surface area (Å²) >= 11 is 0. The number of nitrogen functional groups attached to an aromatic ring is 1. The Hall–Kier alpha value is -2.41. The lowest BCUT2D eigenvalue weighted by Gasteiger charge is -2.07. The molecule has 1 aromatic carbocycles. The Morgan fingerprint density at radius 1 is 1.31 bits per heavy atom. The Morgan fingerprint density at radius 3 is 2.31 bits per heavy atom. The second-order valence-corrected chi connectivity index (χ2v) is 2.57. The van der Waals surface area contributed by atoms with Gasteiger partial charge in [-0.2, -0.15) is 0 Å². The van der Waals surface area contributed by atoms with Gasteiger partial charge >= 0.3 is 5.97 Å². The topological polar surface area (TPSA) is 112 Å². The highest BCUT2D eigenvalue weighted by molar-refractivity contribution is 5.95. The van der Waals surface area contributed by atoms with Crippen molar-refractivity contribution in [3.8, 4) is 0 Å². The first-order chi connectivity index (χ1) is 7.41. The zero-order valence-corrected chi connectivity index (χ0v) is 7.41. The summed E-state index contributed by atoms with van der Waals surface area (Å²) < 4.78 is 39.3. The van der Waals surface area contributed by atoms with Gasteiger partial charge in [0.2, 0.25) is 0 Å². The highest BCUT2D eigenvalue weighted by atomic mass is 19.2. The minimum absolute atomic E-state index is 1.13. The van der Waals surface area contributed by atoms with Crippen molar-refractivity contribution in [2.45, 2.75) is 0 Å². The zero-order chi connectivity index (χ0) is 12.5. The summed E-state index contributed by atoms with van der Waals surface area (Å²) in [6.07, 6.45) is 0. The number of hydrogen-bond donors (Lipinski definition) is 2. The molecule has 0 aromatic heterocycles. The van der Waals surface area contributed by atoms with Crippen LogP contribution < -0.4 is 5.73 Å². The molecule has 0 aliphatic rings. The van der Waals surface area contributed by atoms with Crippen LogP contribution in [0.1, 0.15) is 10.4 Å². The van der Waals surface area contributed by atoms with Gasteiger partial charge in [-0.05, 0) is 5.53 Å². The first kappa shape index (κ1) is 11.7. The second kappa shape index (κ2) is 3.99. The molecule has 0 aliphatic heterocycles. The number of aromatic carboxylic acids is 1. The van der Waals surface area contributed by atoms with Crippen molar-refractivity contribution in [1.29, 1.82) is 0 Å². The van der Waals surface area contributed by atoms with E-state index in [1.54, 1.807) is 0 Å². The quantitative estimate of drug-likeness (QED) is 0.268. The van der Waals surface area contributed by atoms with Gasteiger partial charge in [-0.1, -0.05) is 5.11 Å². The van der Waals surface area contributed by atoms with Gasteiger partial charge in [-0.15, -0.1) is 0 Å². The van der Waals surface area contributed by atoms with Crippen molar-refractivity contribution in [3.05, 3.63) is 33.5 Å². The molecule has 0 amide bonds. The summed E-state index contributed by atoms with van der Waals surface area (Å²) in [7, 11) is 0. The third kappa shape index (κ3) is 1.59. The molecule has 16 heavy (non-hydrogen) atoms. The molecular formula is C7H3F3N4O2. The molecule has 0 saturated carbocycles. The van der Waals surface area contributed by atoms with Gasteiger partial charge in [-0.25, -0.2) is 18.0 Å². The van der Waals surface area contributed by atoms with Crippen molar-refractivity contribution in [3.63, 3.8) is 0 Å². The van der Waals surface area contributed by atoms with Gasteiger partial charge in [0.15, 0.2) is 17.5 Å². The van der Waals surface area contributed by atoms with Crippen LogP contribution in [0.15, 0.2) is 5.11 Å². The lowest BCUT2D eigenvalue weighted by Crippen LogP contribution is -2.10. The fourth-order valence-electron chi connectivity index (χ4n) is 1.01. The van der Waals surface area contributed by atoms with Crippen LogP contribution in [0.3, 0.4) is 0 Å². The molecule has 9 heteroatoms. The van der Waals surface area contributed by atoms with Gasteiger partial charge in [0, 0.05) is 4.91 Å². The van der Waals surface area contributed by atoms with Crippen molar-refractivity contribution in [2.24, 2.45) is 5.11 Å². The summed E-state index contributed by atoms with van der Waals surface area (Å²) in [4.78, 5) is 12.5. The second-order valence-electron chi connectivity index (χ2n) is 2.57. The maximum atomic E-state index is 13.2. The fraction of sp³-hybridized carbons (Fsp3) is 0. The number of carboxylic acids is 1. The number of nitrogens with zero attached hydrogens (tertiary/aromatic N) is 3. The summed E-state index contributed by atoms with van der Waals surface area (Å²) in [5.74, 6) is -7.33. The van der Waals surface area contributed by atoms with Crippen LogP contribution in [0.4, 0.5) is 24.5 Å². The lowest BCUT2D eigenvalue weighted by atomic mass is 10.1. The van der Waals surface area contributed by atoms with Crippen LogP contribution in [0.2, 0.25) is 0 Å².